The molecule has 3 heterocycles. The smallest absolute Gasteiger partial charge is 0.253 e. The van der Waals surface area contributed by atoms with Crippen LogP contribution in [0.25, 0.3) is 0 Å². The van der Waals surface area contributed by atoms with Gasteiger partial charge in [-0.15, -0.1) is 5.10 Å². The number of rotatable bonds is 3. The summed E-state index contributed by atoms with van der Waals surface area (Å²) in [4.78, 5) is 14.7. The van der Waals surface area contributed by atoms with Crippen LogP contribution in [0, 0.1) is 0 Å². The molecule has 0 bridgehead atoms. The van der Waals surface area contributed by atoms with E-state index in [1.54, 1.807) is 24.4 Å². The van der Waals surface area contributed by atoms with E-state index in [-0.39, 0.29) is 18.1 Å². The minimum atomic E-state index is -0.0457. The number of hydrogen-bond donors (Lipinski definition) is 0. The summed E-state index contributed by atoms with van der Waals surface area (Å²) in [5.74, 6) is 0.544. The number of amides is 1. The van der Waals surface area contributed by atoms with Crippen LogP contribution in [0.1, 0.15) is 35.4 Å². The number of piperidine rings is 1. The zero-order valence-electron chi connectivity index (χ0n) is 13.9. The molecular weight excluding hydrogens is 344 g/mol. The van der Waals surface area contributed by atoms with Crippen molar-refractivity contribution in [2.24, 2.45) is 0 Å². The molecule has 0 spiro atoms. The van der Waals surface area contributed by atoms with Gasteiger partial charge < -0.3 is 14.4 Å². The molecule has 25 heavy (non-hydrogen) atoms. The number of halogens is 1. The molecule has 1 amide bonds. The summed E-state index contributed by atoms with van der Waals surface area (Å²) in [6, 6.07) is 5.16. The Hall–Kier alpha value is -2.12. The van der Waals surface area contributed by atoms with Gasteiger partial charge in [-0.2, -0.15) is 0 Å². The number of nitrogens with zero attached hydrogens (tertiary/aromatic N) is 4. The maximum absolute atomic E-state index is 12.9. The summed E-state index contributed by atoms with van der Waals surface area (Å²) in [7, 11) is 0. The van der Waals surface area contributed by atoms with Crippen LogP contribution in [-0.2, 0) is 11.3 Å². The predicted octanol–water partition coefficient (Wildman–Crippen LogP) is 2.32. The molecule has 132 valence electrons. The van der Waals surface area contributed by atoms with Gasteiger partial charge >= 0.3 is 0 Å². The molecule has 8 heteroatoms. The summed E-state index contributed by atoms with van der Waals surface area (Å²) >= 11 is 6.22. The molecule has 2 aromatic rings. The zero-order chi connectivity index (χ0) is 17.4. The van der Waals surface area contributed by atoms with Gasteiger partial charge in [0.1, 0.15) is 5.75 Å². The monoisotopic (exact) mass is 362 g/mol. The van der Waals surface area contributed by atoms with Crippen LogP contribution < -0.4 is 4.74 Å². The lowest BCUT2D eigenvalue weighted by molar-refractivity contribution is -0.0605. The predicted molar refractivity (Wildman–Crippen MR) is 90.8 cm³/mol. The molecule has 7 nitrogen and oxygen atoms in total. The van der Waals surface area contributed by atoms with Crippen molar-refractivity contribution in [2.75, 3.05) is 19.7 Å². The highest BCUT2D eigenvalue weighted by atomic mass is 35.5. The van der Waals surface area contributed by atoms with E-state index in [0.717, 1.165) is 12.1 Å². The first-order chi connectivity index (χ1) is 12.2. The zero-order valence-corrected chi connectivity index (χ0v) is 14.6. The normalized spacial score (nSPS) is 22.2. The third-order valence-corrected chi connectivity index (χ3v) is 4.99. The molecule has 0 saturated carbocycles. The minimum absolute atomic E-state index is 0.00196. The topological polar surface area (TPSA) is 69.5 Å². The highest BCUT2D eigenvalue weighted by Crippen LogP contribution is 2.31. The fourth-order valence-electron chi connectivity index (χ4n) is 3.45. The first kappa shape index (κ1) is 16.4. The summed E-state index contributed by atoms with van der Waals surface area (Å²) in [6.07, 6.45) is 2.56. The Balaban J connectivity index is 1.53. The molecule has 0 N–H and O–H groups in total. The van der Waals surface area contributed by atoms with Crippen LogP contribution in [0.2, 0.25) is 5.02 Å². The van der Waals surface area contributed by atoms with Crippen LogP contribution >= 0.6 is 11.6 Å². The fraction of sp³-hybridized carbons (Fsp3) is 0.471. The van der Waals surface area contributed by atoms with Crippen molar-refractivity contribution in [1.82, 2.24) is 19.9 Å². The number of aromatic nitrogens is 3. The quantitative estimate of drug-likeness (QED) is 0.838. The van der Waals surface area contributed by atoms with E-state index in [1.165, 1.54) is 0 Å². The second-order valence-electron chi connectivity index (χ2n) is 6.20. The lowest BCUT2D eigenvalue weighted by Gasteiger charge is -2.41. The summed E-state index contributed by atoms with van der Waals surface area (Å²) in [5, 5.41) is 8.57. The molecule has 1 aromatic heterocycles. The van der Waals surface area contributed by atoms with Gasteiger partial charge in [-0.1, -0.05) is 16.8 Å². The van der Waals surface area contributed by atoms with Gasteiger partial charge in [0.05, 0.1) is 42.3 Å². The average molecular weight is 363 g/mol. The lowest BCUT2D eigenvalue weighted by Crippen LogP contribution is -2.49. The summed E-state index contributed by atoms with van der Waals surface area (Å²) in [6.45, 7) is 4.14. The Kier molecular flexibility index (Phi) is 4.35. The number of fused-ring (bicyclic) bond motifs is 3. The molecule has 0 radical (unpaired) electrons. The van der Waals surface area contributed by atoms with E-state index in [1.807, 2.05) is 16.5 Å². The number of benzene rings is 1. The van der Waals surface area contributed by atoms with Crippen molar-refractivity contribution < 1.29 is 14.3 Å². The van der Waals surface area contributed by atoms with Gasteiger partial charge in [0.25, 0.3) is 5.91 Å². The Morgan fingerprint density at radius 2 is 2.36 bits per heavy atom. The molecule has 2 atom stereocenters. The van der Waals surface area contributed by atoms with E-state index in [0.29, 0.717) is 42.6 Å². The van der Waals surface area contributed by atoms with Crippen molar-refractivity contribution in [3.05, 3.63) is 40.7 Å². The van der Waals surface area contributed by atoms with Gasteiger partial charge in [0.15, 0.2) is 0 Å². The number of carbonyl (C=O) groups excluding carboxylic acids is 1. The third-order valence-electron chi connectivity index (χ3n) is 4.69. The number of carbonyl (C=O) groups is 1. The van der Waals surface area contributed by atoms with Gasteiger partial charge in [0, 0.05) is 18.7 Å². The Morgan fingerprint density at radius 1 is 1.48 bits per heavy atom. The van der Waals surface area contributed by atoms with Crippen molar-refractivity contribution in [1.29, 1.82) is 0 Å². The molecule has 2 aliphatic rings. The number of ether oxygens (including phenoxy) is 2. The average Bonchev–Trinajstić information content (AvgIpc) is 3.12. The highest BCUT2D eigenvalue weighted by Gasteiger charge is 2.38. The first-order valence-electron chi connectivity index (χ1n) is 8.39. The molecule has 4 rings (SSSR count). The van der Waals surface area contributed by atoms with Crippen molar-refractivity contribution in [3.63, 3.8) is 0 Å². The molecular formula is C17H19ClN4O3. The fourth-order valence-corrected chi connectivity index (χ4v) is 3.69. The van der Waals surface area contributed by atoms with E-state index >= 15 is 0 Å². The maximum Gasteiger partial charge on any atom is 0.253 e. The van der Waals surface area contributed by atoms with Crippen LogP contribution in [0.4, 0.5) is 0 Å². The van der Waals surface area contributed by atoms with E-state index in [2.05, 4.69) is 10.3 Å². The van der Waals surface area contributed by atoms with Crippen LogP contribution in [0.15, 0.2) is 24.4 Å². The molecule has 1 aromatic carbocycles. The summed E-state index contributed by atoms with van der Waals surface area (Å²) < 4.78 is 13.2. The molecule has 1 fully saturated rings. The largest absolute Gasteiger partial charge is 0.492 e. The van der Waals surface area contributed by atoms with Gasteiger partial charge in [-0.3, -0.25) is 4.79 Å². The Labute approximate surface area is 150 Å². The van der Waals surface area contributed by atoms with Crippen LogP contribution in [0.3, 0.4) is 0 Å². The van der Waals surface area contributed by atoms with Gasteiger partial charge in [0.2, 0.25) is 0 Å². The third kappa shape index (κ3) is 2.98. The Morgan fingerprint density at radius 3 is 3.16 bits per heavy atom. The second kappa shape index (κ2) is 6.65. The van der Waals surface area contributed by atoms with Crippen LogP contribution in [-0.4, -0.2) is 51.6 Å². The van der Waals surface area contributed by atoms with Gasteiger partial charge in [-0.25, -0.2) is 4.68 Å². The van der Waals surface area contributed by atoms with E-state index in [4.69, 9.17) is 21.1 Å². The van der Waals surface area contributed by atoms with Crippen molar-refractivity contribution >= 4 is 17.5 Å². The molecule has 1 saturated heterocycles. The first-order valence-corrected chi connectivity index (χ1v) is 8.77. The number of hydrogen-bond acceptors (Lipinski definition) is 5. The Bertz CT molecular complexity index is 794. The van der Waals surface area contributed by atoms with E-state index < -0.39 is 0 Å². The molecule has 2 aliphatic heterocycles. The molecule has 0 aliphatic carbocycles. The summed E-state index contributed by atoms with van der Waals surface area (Å²) in [5.41, 5.74) is 1.50. The standard InChI is InChI=1S/C17H19ClN4O3/c1-2-24-15-4-3-11(7-13(15)18)17(23)21-6-5-16-14(9-21)22-12(10-25-16)8-19-20-22/h3-4,7-8,14,16H,2,5-6,9-10H2,1H3/t14-,16+/m1/s1. The highest BCUT2D eigenvalue weighted by molar-refractivity contribution is 6.32. The molecule has 0 unspecified atom stereocenters. The van der Waals surface area contributed by atoms with Crippen molar-refractivity contribution in [3.8, 4) is 5.75 Å². The minimum Gasteiger partial charge on any atom is -0.492 e. The van der Waals surface area contributed by atoms with E-state index in [9.17, 15) is 4.79 Å². The number of likely N-dealkylation sites (tertiary alicyclic amines) is 1. The second-order valence-corrected chi connectivity index (χ2v) is 6.61. The maximum atomic E-state index is 12.9. The lowest BCUT2D eigenvalue weighted by atomic mass is 9.99. The SMILES string of the molecule is CCOc1ccc(C(=O)N2CC[C@@H]3OCc4cnnn4[C@@H]3C2)cc1Cl. The van der Waals surface area contributed by atoms with Crippen molar-refractivity contribution in [2.45, 2.75) is 32.1 Å². The van der Waals surface area contributed by atoms with Gasteiger partial charge in [-0.05, 0) is 31.5 Å². The van der Waals surface area contributed by atoms with Crippen LogP contribution in [0.5, 0.6) is 5.75 Å².